The van der Waals surface area contributed by atoms with Crippen LogP contribution < -0.4 is 0 Å². The van der Waals surface area contributed by atoms with E-state index < -0.39 is 0 Å². The lowest BCUT2D eigenvalue weighted by Crippen LogP contribution is -1.99. The first-order valence-electron chi connectivity index (χ1n) is 50.3. The maximum atomic E-state index is 2.53. The van der Waals surface area contributed by atoms with E-state index in [1.807, 2.05) is 34.0 Å². The van der Waals surface area contributed by atoms with Crippen molar-refractivity contribution in [1.29, 1.82) is 0 Å². The van der Waals surface area contributed by atoms with Crippen LogP contribution in [0.15, 0.2) is 510 Å². The van der Waals surface area contributed by atoms with Crippen molar-refractivity contribution in [1.82, 2.24) is 27.4 Å². The van der Waals surface area contributed by atoms with Crippen LogP contribution in [0.4, 0.5) is 0 Å². The quantitative estimate of drug-likeness (QED) is 0.138. The van der Waals surface area contributed by atoms with Gasteiger partial charge in [-0.05, 0) is 165 Å². The van der Waals surface area contributed by atoms with Crippen molar-refractivity contribution in [2.45, 2.75) is 0 Å². The molecule has 0 fully saturated rings. The minimum Gasteiger partial charge on any atom is -0.307 e. The Morgan fingerprint density at radius 2 is 0.415 bits per heavy atom. The Kier molecular flexibility index (Phi) is 18.7. The van der Waals surface area contributed by atoms with Crippen LogP contribution in [0.1, 0.15) is 0 Å². The molecule has 0 radical (unpaired) electrons. The van der Waals surface area contributed by atoms with E-state index in [1.165, 1.54) is 268 Å². The number of thiophene rings is 3. The second-order valence-corrected chi connectivity index (χ2v) is 41.8. The van der Waals surface area contributed by atoms with Gasteiger partial charge in [0.25, 0.3) is 0 Å². The maximum Gasteiger partial charge on any atom is 0.0789 e. The summed E-state index contributed by atoms with van der Waals surface area (Å²) in [5.74, 6) is 0. The van der Waals surface area contributed by atoms with E-state index in [-0.39, 0.29) is 0 Å². The number of rotatable bonds is 9. The summed E-state index contributed by atoms with van der Waals surface area (Å²) in [6.07, 6.45) is 0. The third-order valence-electron chi connectivity index (χ3n) is 30.9. The molecule has 0 saturated carbocycles. The minimum absolute atomic E-state index is 1.15. The SMILES string of the molecule is c1ccc(-n2c3c4ccccc4ccc3c3ccc4c5ccccc5n(-c5ccc(-c6cccc7c6sc6ccccc67)cc5)c4c32)cc1.c1ccc(-n2c3ccccc3c3ccc4c5ccccc5n(-c5ccc(-c6cccc7c6sc6ccccc67)c6ccccc56)c4c32)cc1.c1ccc2cc(-n3c4ccccc4c4ccc5c6ccccc6n(-c6ccc(-c7cccc8c7sc7ccccc78)cc6)c5c43)ccc2c1. The van der Waals surface area contributed by atoms with Crippen LogP contribution >= 0.6 is 34.0 Å². The fraction of sp³-hybridized carbons (Fsp3) is 0. The molecule has 24 aromatic carbocycles. The first-order valence-corrected chi connectivity index (χ1v) is 52.8. The molecule has 9 aromatic heterocycles. The highest BCUT2D eigenvalue weighted by atomic mass is 32.1. The summed E-state index contributed by atoms with van der Waals surface area (Å²) >= 11 is 5.66. The van der Waals surface area contributed by atoms with E-state index in [4.69, 9.17) is 0 Å². The molecule has 0 aliphatic heterocycles. The summed E-state index contributed by atoms with van der Waals surface area (Å²) in [4.78, 5) is 0. The van der Waals surface area contributed by atoms with Gasteiger partial charge in [-0.15, -0.1) is 34.0 Å². The number of hydrogen-bond acceptors (Lipinski definition) is 3. The Labute approximate surface area is 855 Å². The molecule has 0 spiro atoms. The van der Waals surface area contributed by atoms with Crippen molar-refractivity contribution < 1.29 is 0 Å². The van der Waals surface area contributed by atoms with Gasteiger partial charge in [-0.1, -0.05) is 394 Å². The monoisotopic (exact) mass is 1920 g/mol. The topological polar surface area (TPSA) is 29.6 Å². The van der Waals surface area contributed by atoms with Gasteiger partial charge in [0.1, 0.15) is 0 Å². The number of benzene rings is 24. The van der Waals surface area contributed by atoms with Gasteiger partial charge in [-0.3, -0.25) is 0 Å². The van der Waals surface area contributed by atoms with E-state index in [0.717, 1.165) is 22.7 Å². The Bertz CT molecular complexity index is 11300. The normalized spacial score (nSPS) is 12.1. The Balaban J connectivity index is 0.0000000999. The first-order chi connectivity index (χ1) is 73.0. The predicted octanol–water partition coefficient (Wildman–Crippen LogP) is 39.2. The minimum atomic E-state index is 1.15. The summed E-state index contributed by atoms with van der Waals surface area (Å²) in [5, 5.41) is 30.6. The molecule has 0 aliphatic rings. The second kappa shape index (κ2) is 33.1. The van der Waals surface area contributed by atoms with Crippen molar-refractivity contribution in [2.75, 3.05) is 0 Å². The molecule has 147 heavy (non-hydrogen) atoms. The van der Waals surface area contributed by atoms with E-state index in [9.17, 15) is 0 Å². The molecule has 33 aromatic rings. The van der Waals surface area contributed by atoms with Crippen molar-refractivity contribution in [3.8, 4) is 67.5 Å². The smallest absolute Gasteiger partial charge is 0.0789 e. The Morgan fingerprint density at radius 3 is 0.864 bits per heavy atom. The standard InChI is InChI=1S/3C46H28N2S/c1-2-11-31-28-33(25-20-29(31)10-1)48-42-18-7-4-13-36(42)39-27-26-38-35-12-3-6-17-41(35)47(44(38)45(39)48)32-23-21-30(22-24-32)34-15-9-16-40-37-14-5-8-19-43(37)49-46(34)40;1-2-13-29(14-3-1)47-40-22-9-6-17-33(40)36-25-26-37-34-18-7-10-23-41(34)48(45(37)44(36)47)42-28-27-31(30-15-4-5-16-32(30)42)38-20-12-21-39-35-19-8-11-24-43(35)49-46(38)39;1-2-12-31(13-3-1)48-43-33-14-5-4-11-29(33)23-26-38(43)39-28-27-37-35-15-6-8-19-41(35)47(44(37)45(39)48)32-24-21-30(22-25-32)34-17-10-18-40-36-16-7-9-20-42(36)49-46(34)40/h3*1-28H. The van der Waals surface area contributed by atoms with Crippen LogP contribution in [0.2, 0.25) is 0 Å². The van der Waals surface area contributed by atoms with Gasteiger partial charge in [-0.25, -0.2) is 0 Å². The predicted molar refractivity (Wildman–Crippen MR) is 633 cm³/mol. The molecule has 6 nitrogen and oxygen atoms in total. The number of hydrogen-bond donors (Lipinski definition) is 0. The molecule has 0 amide bonds. The van der Waals surface area contributed by atoms with Crippen LogP contribution in [0.5, 0.6) is 0 Å². The lowest BCUT2D eigenvalue weighted by molar-refractivity contribution is 1.15. The third-order valence-corrected chi connectivity index (χ3v) is 34.6. The summed E-state index contributed by atoms with van der Waals surface area (Å²) in [6.45, 7) is 0. The molecule has 0 atom stereocenters. The van der Waals surface area contributed by atoms with E-state index >= 15 is 0 Å². The van der Waals surface area contributed by atoms with Gasteiger partial charge >= 0.3 is 0 Å². The molecule has 0 N–H and O–H groups in total. The van der Waals surface area contributed by atoms with Crippen molar-refractivity contribution in [2.24, 2.45) is 0 Å². The highest BCUT2D eigenvalue weighted by Crippen LogP contribution is 2.52. The molecular weight excluding hydrogens is 1840 g/mol. The van der Waals surface area contributed by atoms with Crippen molar-refractivity contribution in [3.63, 3.8) is 0 Å². The average molecular weight is 1920 g/mol. The summed E-state index contributed by atoms with van der Waals surface area (Å²) in [7, 11) is 0. The highest BCUT2D eigenvalue weighted by molar-refractivity contribution is 7.27. The van der Waals surface area contributed by atoms with Gasteiger partial charge in [0.15, 0.2) is 0 Å². The second-order valence-electron chi connectivity index (χ2n) is 38.7. The molecule has 0 saturated heterocycles. The Hall–Kier alpha value is -18.5. The Morgan fingerprint density at radius 1 is 0.129 bits per heavy atom. The zero-order valence-corrected chi connectivity index (χ0v) is 81.9. The lowest BCUT2D eigenvalue weighted by Gasteiger charge is -2.16. The number of aromatic nitrogens is 6. The molecule has 0 bridgehead atoms. The highest BCUT2D eigenvalue weighted by Gasteiger charge is 2.29. The molecule has 33 rings (SSSR count). The molecule has 9 heteroatoms. The maximum absolute atomic E-state index is 2.53. The summed E-state index contributed by atoms with van der Waals surface area (Å²) < 4.78 is 22.9. The van der Waals surface area contributed by atoms with Gasteiger partial charge in [0.2, 0.25) is 0 Å². The molecule has 0 unspecified atom stereocenters. The largest absolute Gasteiger partial charge is 0.307 e. The van der Waals surface area contributed by atoms with Crippen LogP contribution in [0.25, 0.3) is 291 Å². The molecule has 0 aliphatic carbocycles. The fourth-order valence-electron chi connectivity index (χ4n) is 24.6. The zero-order chi connectivity index (χ0) is 96.2. The van der Waals surface area contributed by atoms with Gasteiger partial charge in [-0.2, -0.15) is 0 Å². The molecular formula is C138H84N6S3. The van der Waals surface area contributed by atoms with Crippen molar-refractivity contribution in [3.05, 3.63) is 510 Å². The van der Waals surface area contributed by atoms with Crippen LogP contribution in [0.3, 0.4) is 0 Å². The van der Waals surface area contributed by atoms with Crippen LogP contribution in [-0.2, 0) is 0 Å². The zero-order valence-electron chi connectivity index (χ0n) is 79.4. The number of nitrogens with zero attached hydrogens (tertiary/aromatic N) is 6. The summed E-state index contributed by atoms with van der Waals surface area (Å²) in [6, 6.07) is 187. The van der Waals surface area contributed by atoms with Gasteiger partial charge in [0.05, 0.1) is 71.9 Å². The summed E-state index contributed by atoms with van der Waals surface area (Å²) in [5.41, 5.74) is 29.2. The molecule has 9 heterocycles. The van der Waals surface area contributed by atoms with E-state index in [1.54, 1.807) is 0 Å². The van der Waals surface area contributed by atoms with E-state index in [2.05, 4.69) is 537 Å². The van der Waals surface area contributed by atoms with Crippen LogP contribution in [0, 0.1) is 0 Å². The fourth-order valence-corrected chi connectivity index (χ4v) is 28.3. The number of fused-ring (bicyclic) bond motifs is 34. The average Bonchev–Trinajstić information content (AvgIpc) is 1.54. The van der Waals surface area contributed by atoms with Gasteiger partial charge < -0.3 is 27.4 Å². The molecule has 684 valence electrons. The van der Waals surface area contributed by atoms with Crippen LogP contribution in [-0.4, -0.2) is 27.4 Å². The van der Waals surface area contributed by atoms with Crippen molar-refractivity contribution >= 4 is 258 Å². The van der Waals surface area contributed by atoms with Gasteiger partial charge in [0, 0.05) is 170 Å². The first kappa shape index (κ1) is 83.2. The third kappa shape index (κ3) is 12.7. The lowest BCUT2D eigenvalue weighted by atomic mass is 9.95. The van der Waals surface area contributed by atoms with E-state index in [0.29, 0.717) is 0 Å². The number of para-hydroxylation sites is 7.